The maximum Gasteiger partial charge on any atom is 0.235 e. The molecule has 0 aliphatic carbocycles. The summed E-state index contributed by atoms with van der Waals surface area (Å²) < 4.78 is 11.2. The summed E-state index contributed by atoms with van der Waals surface area (Å²) in [6, 6.07) is 31.9. The molecule has 37 heavy (non-hydrogen) atoms. The zero-order valence-electron chi connectivity index (χ0n) is 19.2. The molecule has 0 saturated heterocycles. The van der Waals surface area contributed by atoms with Crippen LogP contribution in [-0.2, 0) is 17.1 Å². The Kier molecular flexibility index (Phi) is 7.58. The first-order valence-electron chi connectivity index (χ1n) is 11.1. The van der Waals surface area contributed by atoms with Crippen LogP contribution in [0.25, 0.3) is 44.6 Å². The molecule has 0 bridgehead atoms. The van der Waals surface area contributed by atoms with Crippen LogP contribution in [-0.4, -0.2) is 10.2 Å². The summed E-state index contributed by atoms with van der Waals surface area (Å²) in [6.07, 6.45) is 0. The Bertz CT molecular complexity index is 1660. The van der Waals surface area contributed by atoms with Gasteiger partial charge in [0, 0.05) is 28.2 Å². The standard InChI is InChI=1S/2C15H10O3.Cu/c2*16-13-11-8-4-5-9-12(11)18-15(14(13)17)10-6-2-1-3-7-10;/h2*1-9,17H;. The van der Waals surface area contributed by atoms with Gasteiger partial charge in [-0.3, -0.25) is 9.59 Å². The maximum atomic E-state index is 12.0. The van der Waals surface area contributed by atoms with Gasteiger partial charge in [0.25, 0.3) is 0 Å². The van der Waals surface area contributed by atoms with Gasteiger partial charge < -0.3 is 19.0 Å². The first kappa shape index (κ1) is 25.5. The van der Waals surface area contributed by atoms with E-state index in [-0.39, 0.29) is 40.1 Å². The minimum atomic E-state index is -0.407. The van der Waals surface area contributed by atoms with E-state index < -0.39 is 10.9 Å². The van der Waals surface area contributed by atoms with Crippen LogP contribution in [0.15, 0.2) is 128 Å². The van der Waals surface area contributed by atoms with Gasteiger partial charge in [-0.05, 0) is 24.3 Å². The van der Waals surface area contributed by atoms with Crippen molar-refractivity contribution in [1.29, 1.82) is 0 Å². The molecule has 187 valence electrons. The summed E-state index contributed by atoms with van der Waals surface area (Å²) in [5.74, 6) is -0.279. The molecule has 6 nitrogen and oxygen atoms in total. The Morgan fingerprint density at radius 3 is 1.16 bits per heavy atom. The van der Waals surface area contributed by atoms with Crippen LogP contribution in [0.5, 0.6) is 11.5 Å². The SMILES string of the molecule is O=c1c(O)c(-c2ccccc2)oc2ccccc12.O=c1c(O)c(-c2ccccc2)oc2ccccc12.[Cu]. The number of aromatic hydroxyl groups is 2. The Morgan fingerprint density at radius 1 is 0.459 bits per heavy atom. The van der Waals surface area contributed by atoms with Gasteiger partial charge in [-0.1, -0.05) is 84.9 Å². The van der Waals surface area contributed by atoms with Crippen LogP contribution < -0.4 is 10.9 Å². The van der Waals surface area contributed by atoms with E-state index in [1.165, 1.54) is 0 Å². The second-order valence-corrected chi connectivity index (χ2v) is 7.94. The van der Waals surface area contributed by atoms with Crippen molar-refractivity contribution in [1.82, 2.24) is 0 Å². The Balaban J connectivity index is 0.000000168. The summed E-state index contributed by atoms with van der Waals surface area (Å²) >= 11 is 0. The van der Waals surface area contributed by atoms with E-state index in [1.807, 2.05) is 36.4 Å². The minimum Gasteiger partial charge on any atom is -0.502 e. The van der Waals surface area contributed by atoms with E-state index in [0.717, 1.165) is 0 Å². The molecule has 0 aliphatic rings. The van der Waals surface area contributed by atoms with Gasteiger partial charge in [0.1, 0.15) is 11.2 Å². The zero-order chi connectivity index (χ0) is 25.1. The van der Waals surface area contributed by atoms with Crippen molar-refractivity contribution in [2.75, 3.05) is 0 Å². The third kappa shape index (κ3) is 5.04. The first-order valence-corrected chi connectivity index (χ1v) is 11.1. The molecule has 2 N–H and O–H groups in total. The molecule has 0 unspecified atom stereocenters. The van der Waals surface area contributed by atoms with Gasteiger partial charge in [-0.25, -0.2) is 0 Å². The number of hydrogen-bond donors (Lipinski definition) is 2. The summed E-state index contributed by atoms with van der Waals surface area (Å²) in [7, 11) is 0. The van der Waals surface area contributed by atoms with Crippen LogP contribution >= 0.6 is 0 Å². The minimum absolute atomic E-state index is 0. The normalized spacial score (nSPS) is 10.4. The Labute approximate surface area is 221 Å². The van der Waals surface area contributed by atoms with Crippen LogP contribution in [0.3, 0.4) is 0 Å². The van der Waals surface area contributed by atoms with Gasteiger partial charge in [-0.2, -0.15) is 0 Å². The summed E-state index contributed by atoms with van der Waals surface area (Å²) in [6.45, 7) is 0. The molecule has 6 aromatic rings. The Morgan fingerprint density at radius 2 is 0.784 bits per heavy atom. The van der Waals surface area contributed by atoms with Crippen LogP contribution in [0.2, 0.25) is 0 Å². The first-order chi connectivity index (χ1) is 17.5. The third-order valence-electron chi connectivity index (χ3n) is 5.62. The second-order valence-electron chi connectivity index (χ2n) is 7.94. The molecule has 0 saturated carbocycles. The molecule has 2 aromatic heterocycles. The fourth-order valence-electron chi connectivity index (χ4n) is 3.83. The molecule has 6 rings (SSSR count). The zero-order valence-corrected chi connectivity index (χ0v) is 20.2. The summed E-state index contributed by atoms with van der Waals surface area (Å²) in [5, 5.41) is 20.7. The topological polar surface area (TPSA) is 101 Å². The number of para-hydroxylation sites is 2. The molecule has 2 heterocycles. The molecular formula is C30H20CuO6. The number of benzene rings is 4. The molecule has 1 radical (unpaired) electrons. The Hall–Kier alpha value is -4.58. The van der Waals surface area contributed by atoms with Gasteiger partial charge in [0.2, 0.25) is 22.4 Å². The van der Waals surface area contributed by atoms with Crippen molar-refractivity contribution in [3.63, 3.8) is 0 Å². The van der Waals surface area contributed by atoms with Crippen molar-refractivity contribution in [3.8, 4) is 34.1 Å². The van der Waals surface area contributed by atoms with E-state index in [1.54, 1.807) is 72.8 Å². The fraction of sp³-hybridized carbons (Fsp3) is 0. The largest absolute Gasteiger partial charge is 0.502 e. The van der Waals surface area contributed by atoms with Crippen molar-refractivity contribution >= 4 is 21.9 Å². The van der Waals surface area contributed by atoms with E-state index in [4.69, 9.17) is 8.83 Å². The van der Waals surface area contributed by atoms with Crippen LogP contribution in [0.4, 0.5) is 0 Å². The molecule has 4 aromatic carbocycles. The number of fused-ring (bicyclic) bond motifs is 2. The molecule has 0 fully saturated rings. The number of rotatable bonds is 2. The second kappa shape index (κ2) is 11.0. The average Bonchev–Trinajstić information content (AvgIpc) is 2.94. The van der Waals surface area contributed by atoms with E-state index in [0.29, 0.717) is 33.1 Å². The third-order valence-corrected chi connectivity index (χ3v) is 5.62. The van der Waals surface area contributed by atoms with E-state index in [2.05, 4.69) is 0 Å². The van der Waals surface area contributed by atoms with Crippen molar-refractivity contribution in [2.24, 2.45) is 0 Å². The molecular weight excluding hydrogens is 520 g/mol. The molecule has 0 aliphatic heterocycles. The van der Waals surface area contributed by atoms with Crippen LogP contribution in [0, 0.1) is 0 Å². The summed E-state index contributed by atoms with van der Waals surface area (Å²) in [4.78, 5) is 24.0. The molecule has 7 heteroatoms. The van der Waals surface area contributed by atoms with Gasteiger partial charge in [0.05, 0.1) is 10.8 Å². The maximum absolute atomic E-state index is 12.0. The van der Waals surface area contributed by atoms with E-state index >= 15 is 0 Å². The average molecular weight is 540 g/mol. The predicted molar refractivity (Wildman–Crippen MR) is 139 cm³/mol. The monoisotopic (exact) mass is 539 g/mol. The van der Waals surface area contributed by atoms with Crippen LogP contribution in [0.1, 0.15) is 0 Å². The number of hydrogen-bond acceptors (Lipinski definition) is 6. The van der Waals surface area contributed by atoms with Gasteiger partial charge in [0.15, 0.2) is 11.5 Å². The summed E-state index contributed by atoms with van der Waals surface area (Å²) in [5.41, 5.74) is 1.49. The predicted octanol–water partition coefficient (Wildman–Crippen LogP) is 6.33. The quantitative estimate of drug-likeness (QED) is 0.249. The fourth-order valence-corrected chi connectivity index (χ4v) is 3.83. The van der Waals surface area contributed by atoms with Crippen molar-refractivity contribution in [3.05, 3.63) is 130 Å². The van der Waals surface area contributed by atoms with Crippen molar-refractivity contribution in [2.45, 2.75) is 0 Å². The molecule has 0 amide bonds. The smallest absolute Gasteiger partial charge is 0.235 e. The van der Waals surface area contributed by atoms with Crippen molar-refractivity contribution < 1.29 is 36.1 Å². The van der Waals surface area contributed by atoms with E-state index in [9.17, 15) is 19.8 Å². The van der Waals surface area contributed by atoms with Gasteiger partial charge >= 0.3 is 0 Å². The molecule has 0 atom stereocenters. The van der Waals surface area contributed by atoms with Gasteiger partial charge in [-0.15, -0.1) is 0 Å². The molecule has 0 spiro atoms.